The molecule has 0 atom stereocenters. The summed E-state index contributed by atoms with van der Waals surface area (Å²) in [4.78, 5) is 13.9. The lowest BCUT2D eigenvalue weighted by atomic mass is 10.2. The molecule has 0 spiro atoms. The molecule has 0 N–H and O–H groups in total. The van der Waals surface area contributed by atoms with Crippen molar-refractivity contribution in [2.75, 3.05) is 33.3 Å². The fourth-order valence-corrected chi connectivity index (χ4v) is 4.88. The number of sulfonamides is 1. The van der Waals surface area contributed by atoms with E-state index in [2.05, 4.69) is 21.1 Å². The van der Waals surface area contributed by atoms with Gasteiger partial charge in [0.15, 0.2) is 0 Å². The Morgan fingerprint density at radius 3 is 2.36 bits per heavy atom. The molecule has 1 saturated heterocycles. The second kappa shape index (κ2) is 7.65. The first-order valence-corrected chi connectivity index (χ1v) is 10.3. The highest BCUT2D eigenvalue weighted by Gasteiger charge is 2.28. The lowest BCUT2D eigenvalue weighted by Gasteiger charge is -2.33. The van der Waals surface area contributed by atoms with E-state index in [1.54, 1.807) is 11.3 Å². The molecule has 0 amide bonds. The molecule has 1 fully saturated rings. The first-order chi connectivity index (χ1) is 12.0. The van der Waals surface area contributed by atoms with Crippen LogP contribution in [-0.4, -0.2) is 56.9 Å². The van der Waals surface area contributed by atoms with Crippen LogP contribution in [0.3, 0.4) is 0 Å². The molecule has 0 aliphatic carbocycles. The number of carbonyl (C=O) groups excluding carboxylic acids is 1. The normalized spacial score (nSPS) is 16.7. The van der Waals surface area contributed by atoms with Gasteiger partial charge in [0.2, 0.25) is 10.0 Å². The molecule has 2 heterocycles. The molecular weight excluding hydrogens is 360 g/mol. The Labute approximate surface area is 151 Å². The van der Waals surface area contributed by atoms with Crippen LogP contribution in [0.15, 0.2) is 46.0 Å². The van der Waals surface area contributed by atoms with Gasteiger partial charge in [0.05, 0.1) is 17.6 Å². The Balaban J connectivity index is 1.64. The highest BCUT2D eigenvalue weighted by molar-refractivity contribution is 7.89. The second-order valence-electron chi connectivity index (χ2n) is 5.83. The lowest BCUT2D eigenvalue weighted by Crippen LogP contribution is -2.48. The van der Waals surface area contributed by atoms with Crippen molar-refractivity contribution in [1.29, 1.82) is 0 Å². The molecular formula is C17H20N2O4S2. The van der Waals surface area contributed by atoms with Crippen LogP contribution in [0.5, 0.6) is 0 Å². The number of methoxy groups -OCH3 is 1. The molecule has 134 valence electrons. The highest BCUT2D eigenvalue weighted by Crippen LogP contribution is 2.19. The number of carbonyl (C=O) groups is 1. The summed E-state index contributed by atoms with van der Waals surface area (Å²) in [6.07, 6.45) is 0. The fraction of sp³-hybridized carbons (Fsp3) is 0.353. The van der Waals surface area contributed by atoms with Crippen molar-refractivity contribution in [3.05, 3.63) is 52.2 Å². The number of ether oxygens (including phenoxy) is 1. The number of hydrogen-bond donors (Lipinski definition) is 0. The topological polar surface area (TPSA) is 66.9 Å². The molecule has 1 aromatic carbocycles. The molecule has 0 radical (unpaired) electrons. The van der Waals surface area contributed by atoms with Gasteiger partial charge < -0.3 is 4.74 Å². The largest absolute Gasteiger partial charge is 0.465 e. The van der Waals surface area contributed by atoms with Gasteiger partial charge in [-0.15, -0.1) is 0 Å². The minimum absolute atomic E-state index is 0.200. The number of nitrogens with zero attached hydrogens (tertiary/aromatic N) is 2. The van der Waals surface area contributed by atoms with Gasteiger partial charge in [-0.05, 0) is 46.7 Å². The van der Waals surface area contributed by atoms with Crippen LogP contribution >= 0.6 is 11.3 Å². The number of benzene rings is 1. The number of esters is 1. The summed E-state index contributed by atoms with van der Waals surface area (Å²) in [6.45, 7) is 3.19. The smallest absolute Gasteiger partial charge is 0.337 e. The van der Waals surface area contributed by atoms with Crippen LogP contribution in [-0.2, 0) is 21.3 Å². The first kappa shape index (κ1) is 18.1. The molecule has 1 aliphatic rings. The summed E-state index contributed by atoms with van der Waals surface area (Å²) in [5.74, 6) is -0.481. The van der Waals surface area contributed by atoms with Crippen LogP contribution in [0.4, 0.5) is 0 Å². The Morgan fingerprint density at radius 1 is 1.12 bits per heavy atom. The van der Waals surface area contributed by atoms with E-state index in [0.29, 0.717) is 31.7 Å². The van der Waals surface area contributed by atoms with Gasteiger partial charge in [0, 0.05) is 32.7 Å². The third-order valence-corrected chi connectivity index (χ3v) is 6.88. The van der Waals surface area contributed by atoms with E-state index >= 15 is 0 Å². The average Bonchev–Trinajstić information content (AvgIpc) is 3.14. The van der Waals surface area contributed by atoms with E-state index in [4.69, 9.17) is 0 Å². The maximum Gasteiger partial charge on any atom is 0.337 e. The van der Waals surface area contributed by atoms with Gasteiger partial charge in [-0.1, -0.05) is 0 Å². The Kier molecular flexibility index (Phi) is 5.53. The predicted molar refractivity (Wildman–Crippen MR) is 96.1 cm³/mol. The van der Waals surface area contributed by atoms with Crippen molar-refractivity contribution in [2.24, 2.45) is 0 Å². The monoisotopic (exact) mass is 380 g/mol. The van der Waals surface area contributed by atoms with Crippen LogP contribution in [0.2, 0.25) is 0 Å². The van der Waals surface area contributed by atoms with Crippen LogP contribution in [0, 0.1) is 0 Å². The molecule has 25 heavy (non-hydrogen) atoms. The predicted octanol–water partition coefficient (Wildman–Crippen LogP) is 2.04. The van der Waals surface area contributed by atoms with E-state index in [0.717, 1.165) is 6.54 Å². The molecule has 0 unspecified atom stereocenters. The number of thiophene rings is 1. The van der Waals surface area contributed by atoms with E-state index in [9.17, 15) is 13.2 Å². The van der Waals surface area contributed by atoms with Crippen molar-refractivity contribution in [2.45, 2.75) is 11.4 Å². The molecule has 6 nitrogen and oxygen atoms in total. The Bertz CT molecular complexity index is 809. The van der Waals surface area contributed by atoms with Crippen molar-refractivity contribution >= 4 is 27.3 Å². The van der Waals surface area contributed by atoms with Gasteiger partial charge in [-0.3, -0.25) is 4.90 Å². The SMILES string of the molecule is COC(=O)c1ccc(S(=O)(=O)N2CCN(Cc3ccsc3)CC2)cc1. The Hall–Kier alpha value is -1.74. The van der Waals surface area contributed by atoms with Crippen molar-refractivity contribution < 1.29 is 17.9 Å². The molecule has 3 rings (SSSR count). The van der Waals surface area contributed by atoms with Crippen LogP contribution < -0.4 is 0 Å². The lowest BCUT2D eigenvalue weighted by molar-refractivity contribution is 0.0600. The van der Waals surface area contributed by atoms with Gasteiger partial charge in [-0.25, -0.2) is 13.2 Å². The zero-order valence-electron chi connectivity index (χ0n) is 13.9. The van der Waals surface area contributed by atoms with Gasteiger partial charge >= 0.3 is 5.97 Å². The van der Waals surface area contributed by atoms with Crippen LogP contribution in [0.25, 0.3) is 0 Å². The molecule has 2 aromatic rings. The first-order valence-electron chi connectivity index (χ1n) is 7.92. The zero-order valence-corrected chi connectivity index (χ0v) is 15.6. The summed E-state index contributed by atoms with van der Waals surface area (Å²) in [7, 11) is -2.25. The third kappa shape index (κ3) is 4.09. The van der Waals surface area contributed by atoms with Gasteiger partial charge in [0.1, 0.15) is 0 Å². The molecule has 1 aliphatic heterocycles. The summed E-state index contributed by atoms with van der Waals surface area (Å²) in [5.41, 5.74) is 1.60. The number of hydrogen-bond acceptors (Lipinski definition) is 6. The van der Waals surface area contributed by atoms with Crippen molar-refractivity contribution in [3.8, 4) is 0 Å². The van der Waals surface area contributed by atoms with E-state index in [-0.39, 0.29) is 4.90 Å². The number of rotatable bonds is 5. The van der Waals surface area contributed by atoms with E-state index in [1.165, 1.54) is 41.2 Å². The van der Waals surface area contributed by atoms with E-state index in [1.807, 2.05) is 5.38 Å². The molecule has 1 aromatic heterocycles. The quantitative estimate of drug-likeness (QED) is 0.743. The molecule has 0 bridgehead atoms. The third-order valence-electron chi connectivity index (χ3n) is 4.23. The number of piperazine rings is 1. The minimum atomic E-state index is -3.54. The van der Waals surface area contributed by atoms with Gasteiger partial charge in [-0.2, -0.15) is 15.6 Å². The second-order valence-corrected chi connectivity index (χ2v) is 8.55. The molecule has 0 saturated carbocycles. The van der Waals surface area contributed by atoms with Crippen molar-refractivity contribution in [1.82, 2.24) is 9.21 Å². The summed E-state index contributed by atoms with van der Waals surface area (Å²) in [5, 5.41) is 4.17. The average molecular weight is 380 g/mol. The zero-order chi connectivity index (χ0) is 17.9. The Morgan fingerprint density at radius 2 is 1.80 bits per heavy atom. The minimum Gasteiger partial charge on any atom is -0.465 e. The maximum absolute atomic E-state index is 12.8. The van der Waals surface area contributed by atoms with Crippen molar-refractivity contribution in [3.63, 3.8) is 0 Å². The summed E-state index contributed by atoms with van der Waals surface area (Å²) in [6, 6.07) is 7.96. The maximum atomic E-state index is 12.8. The summed E-state index contributed by atoms with van der Waals surface area (Å²) >= 11 is 1.67. The van der Waals surface area contributed by atoms with Gasteiger partial charge in [0.25, 0.3) is 0 Å². The fourth-order valence-electron chi connectivity index (χ4n) is 2.80. The highest BCUT2D eigenvalue weighted by atomic mass is 32.2. The van der Waals surface area contributed by atoms with E-state index < -0.39 is 16.0 Å². The summed E-state index contributed by atoms with van der Waals surface area (Å²) < 4.78 is 31.6. The molecule has 8 heteroatoms. The van der Waals surface area contributed by atoms with Crippen LogP contribution in [0.1, 0.15) is 15.9 Å². The standard InChI is InChI=1S/C17H20N2O4S2/c1-23-17(20)15-2-4-16(5-3-15)25(21,22)19-9-7-18(8-10-19)12-14-6-11-24-13-14/h2-6,11,13H,7-10,12H2,1H3.